The van der Waals surface area contributed by atoms with Crippen LogP contribution in [0.15, 0.2) is 46.2 Å². The van der Waals surface area contributed by atoms with E-state index >= 15 is 0 Å². The van der Waals surface area contributed by atoms with Crippen molar-refractivity contribution in [2.45, 2.75) is 39.0 Å². The van der Waals surface area contributed by atoms with Crippen molar-refractivity contribution in [2.75, 3.05) is 7.11 Å². The molecule has 3 heterocycles. The summed E-state index contributed by atoms with van der Waals surface area (Å²) >= 11 is 0. The number of benzene rings is 1. The molecule has 150 valence electrons. The van der Waals surface area contributed by atoms with Crippen LogP contribution in [0.5, 0.6) is 5.75 Å². The van der Waals surface area contributed by atoms with Crippen molar-refractivity contribution in [1.82, 2.24) is 4.57 Å². The number of cyclic esters (lactones) is 1. The lowest BCUT2D eigenvalue weighted by Crippen LogP contribution is -2.44. The van der Waals surface area contributed by atoms with E-state index in [4.69, 9.17) is 14.5 Å². The van der Waals surface area contributed by atoms with E-state index in [9.17, 15) is 14.7 Å². The molecular weight excluding hydrogens is 372 g/mol. The van der Waals surface area contributed by atoms with Crippen LogP contribution in [-0.4, -0.2) is 28.5 Å². The monoisotopic (exact) mass is 394 g/mol. The summed E-state index contributed by atoms with van der Waals surface area (Å²) in [5.41, 5.74) is 1.89. The summed E-state index contributed by atoms with van der Waals surface area (Å²) in [5.74, 6) is -0.00734. The summed E-state index contributed by atoms with van der Waals surface area (Å²) < 4.78 is 11.9. The summed E-state index contributed by atoms with van der Waals surface area (Å²) in [6, 6.07) is 7.21. The van der Waals surface area contributed by atoms with E-state index in [1.807, 2.05) is 25.1 Å². The number of hydrogen-bond acceptors (Lipinski definition) is 6. The van der Waals surface area contributed by atoms with E-state index in [0.717, 1.165) is 17.0 Å². The number of pyridine rings is 1. The average Bonchev–Trinajstić information content (AvgIpc) is 3.02. The van der Waals surface area contributed by atoms with E-state index in [1.54, 1.807) is 24.7 Å². The SMILES string of the molecule is C=C1Cn2c(cc3c(c2=O)COC(=O)[C@]3(O)CC)/C1=N/c1ccc(OC)cc1C. The number of aryl methyl sites for hydroxylation is 1. The van der Waals surface area contributed by atoms with Gasteiger partial charge in [-0.25, -0.2) is 9.79 Å². The number of aromatic nitrogens is 1. The lowest BCUT2D eigenvalue weighted by molar-refractivity contribution is -0.172. The van der Waals surface area contributed by atoms with Gasteiger partial charge in [0.1, 0.15) is 12.4 Å². The quantitative estimate of drug-likeness (QED) is 0.808. The molecule has 1 N–H and O–H groups in total. The maximum atomic E-state index is 13.1. The highest BCUT2D eigenvalue weighted by molar-refractivity contribution is 6.14. The second-order valence-electron chi connectivity index (χ2n) is 7.32. The van der Waals surface area contributed by atoms with E-state index in [-0.39, 0.29) is 18.6 Å². The van der Waals surface area contributed by atoms with Crippen LogP contribution in [0.3, 0.4) is 0 Å². The van der Waals surface area contributed by atoms with E-state index in [1.165, 1.54) is 0 Å². The third kappa shape index (κ3) is 2.81. The van der Waals surface area contributed by atoms with Gasteiger partial charge in [-0.15, -0.1) is 0 Å². The smallest absolute Gasteiger partial charge is 0.343 e. The molecular formula is C22H22N2O5. The molecule has 1 aromatic carbocycles. The highest BCUT2D eigenvalue weighted by atomic mass is 16.6. The van der Waals surface area contributed by atoms with Gasteiger partial charge in [-0.2, -0.15) is 0 Å². The number of rotatable bonds is 3. The molecule has 4 rings (SSSR count). The van der Waals surface area contributed by atoms with Crippen molar-refractivity contribution < 1.29 is 19.4 Å². The summed E-state index contributed by atoms with van der Waals surface area (Å²) in [4.78, 5) is 30.0. The standard InChI is InChI=1S/C22H22N2O5/c1-5-22(27)16-9-18-19(23-17-7-6-14(28-4)8-12(17)2)13(3)10-24(18)20(25)15(16)11-29-21(22)26/h6-9,27H,3,5,10-11H2,1-2,4H3/b23-19+/t22-/m0/s1. The predicted molar refractivity (Wildman–Crippen MR) is 108 cm³/mol. The molecule has 2 aliphatic rings. The van der Waals surface area contributed by atoms with Crippen LogP contribution in [0.25, 0.3) is 0 Å². The Kier molecular flexibility index (Phi) is 4.42. The van der Waals surface area contributed by atoms with E-state index < -0.39 is 11.6 Å². The van der Waals surface area contributed by atoms with Gasteiger partial charge in [-0.1, -0.05) is 13.5 Å². The van der Waals surface area contributed by atoms with Crippen LogP contribution in [-0.2, 0) is 28.3 Å². The first-order valence-electron chi connectivity index (χ1n) is 9.38. The van der Waals surface area contributed by atoms with Gasteiger partial charge in [-0.3, -0.25) is 4.79 Å². The highest BCUT2D eigenvalue weighted by Crippen LogP contribution is 2.35. The number of aliphatic imine (C=N–C) groups is 1. The minimum absolute atomic E-state index is 0.104. The normalized spacial score (nSPS) is 21.7. The van der Waals surface area contributed by atoms with Gasteiger partial charge in [-0.05, 0) is 48.7 Å². The van der Waals surface area contributed by atoms with Gasteiger partial charge < -0.3 is 19.1 Å². The number of methoxy groups -OCH3 is 1. The molecule has 0 bridgehead atoms. The molecule has 0 unspecified atom stereocenters. The largest absolute Gasteiger partial charge is 0.497 e. The van der Waals surface area contributed by atoms with Crippen molar-refractivity contribution in [1.29, 1.82) is 0 Å². The molecule has 0 fully saturated rings. The van der Waals surface area contributed by atoms with Crippen LogP contribution in [0.2, 0.25) is 0 Å². The van der Waals surface area contributed by atoms with Crippen molar-refractivity contribution in [3.05, 3.63) is 69.2 Å². The molecule has 29 heavy (non-hydrogen) atoms. The third-order valence-electron chi connectivity index (χ3n) is 5.61. The summed E-state index contributed by atoms with van der Waals surface area (Å²) in [6.07, 6.45) is 0.104. The summed E-state index contributed by atoms with van der Waals surface area (Å²) in [5, 5.41) is 10.9. The van der Waals surface area contributed by atoms with Crippen LogP contribution in [0.1, 0.15) is 35.7 Å². The molecule has 0 saturated heterocycles. The fraction of sp³-hybridized carbons (Fsp3) is 0.318. The number of allylic oxidation sites excluding steroid dienone is 1. The summed E-state index contributed by atoms with van der Waals surface area (Å²) in [7, 11) is 1.60. The number of aliphatic hydroxyl groups is 1. The molecule has 7 heteroatoms. The molecule has 0 amide bonds. The Morgan fingerprint density at radius 1 is 1.34 bits per heavy atom. The van der Waals surface area contributed by atoms with Crippen molar-refractivity contribution in [3.8, 4) is 5.75 Å². The van der Waals surface area contributed by atoms with Gasteiger partial charge >= 0.3 is 5.97 Å². The molecule has 1 aromatic heterocycles. The van der Waals surface area contributed by atoms with E-state index in [2.05, 4.69) is 6.58 Å². The Morgan fingerprint density at radius 3 is 2.76 bits per heavy atom. The Hall–Kier alpha value is -3.19. The number of nitrogens with zero attached hydrogens (tertiary/aromatic N) is 2. The molecule has 1 atom stereocenters. The molecule has 2 aromatic rings. The first kappa shape index (κ1) is 19.1. The van der Waals surface area contributed by atoms with Gasteiger partial charge in [0.25, 0.3) is 5.56 Å². The number of hydrogen-bond donors (Lipinski definition) is 1. The Balaban J connectivity index is 1.92. The first-order chi connectivity index (χ1) is 13.8. The van der Waals surface area contributed by atoms with Crippen LogP contribution < -0.4 is 10.3 Å². The molecule has 2 aliphatic heterocycles. The van der Waals surface area contributed by atoms with Gasteiger partial charge in [0, 0.05) is 5.56 Å². The van der Waals surface area contributed by atoms with Crippen molar-refractivity contribution in [2.24, 2.45) is 4.99 Å². The summed E-state index contributed by atoms with van der Waals surface area (Å²) in [6.45, 7) is 7.82. The Labute approximate surface area is 167 Å². The number of esters is 1. The lowest BCUT2D eigenvalue weighted by atomic mass is 9.86. The van der Waals surface area contributed by atoms with Gasteiger partial charge in [0.05, 0.1) is 36.3 Å². The predicted octanol–water partition coefficient (Wildman–Crippen LogP) is 2.51. The topological polar surface area (TPSA) is 90.1 Å². The van der Waals surface area contributed by atoms with Crippen molar-refractivity contribution >= 4 is 17.4 Å². The highest BCUT2D eigenvalue weighted by Gasteiger charge is 2.45. The maximum Gasteiger partial charge on any atom is 0.343 e. The Bertz CT molecular complexity index is 1140. The second-order valence-corrected chi connectivity index (χ2v) is 7.32. The average molecular weight is 394 g/mol. The second kappa shape index (κ2) is 6.70. The minimum Gasteiger partial charge on any atom is -0.497 e. The molecule has 7 nitrogen and oxygen atoms in total. The Morgan fingerprint density at radius 2 is 2.10 bits per heavy atom. The number of ether oxygens (including phenoxy) is 2. The zero-order valence-corrected chi connectivity index (χ0v) is 16.6. The number of carbonyl (C=O) groups excluding carboxylic acids is 1. The van der Waals surface area contributed by atoms with Crippen LogP contribution in [0, 0.1) is 6.92 Å². The zero-order valence-electron chi connectivity index (χ0n) is 16.6. The van der Waals surface area contributed by atoms with Crippen LogP contribution >= 0.6 is 0 Å². The van der Waals surface area contributed by atoms with E-state index in [0.29, 0.717) is 34.7 Å². The van der Waals surface area contributed by atoms with Gasteiger partial charge in [0.2, 0.25) is 0 Å². The number of fused-ring (bicyclic) bond motifs is 2. The molecule has 0 saturated carbocycles. The first-order valence-corrected chi connectivity index (χ1v) is 9.38. The fourth-order valence-corrected chi connectivity index (χ4v) is 3.84. The molecule has 0 aliphatic carbocycles. The maximum absolute atomic E-state index is 13.1. The van der Waals surface area contributed by atoms with Crippen LogP contribution in [0.4, 0.5) is 5.69 Å². The number of carbonyl (C=O) groups is 1. The zero-order chi connectivity index (χ0) is 20.9. The molecule has 0 radical (unpaired) electrons. The fourth-order valence-electron chi connectivity index (χ4n) is 3.84. The van der Waals surface area contributed by atoms with Crippen molar-refractivity contribution in [3.63, 3.8) is 0 Å². The minimum atomic E-state index is -1.84. The van der Waals surface area contributed by atoms with Gasteiger partial charge in [0.15, 0.2) is 5.60 Å². The molecule has 0 spiro atoms. The third-order valence-corrected chi connectivity index (χ3v) is 5.61. The lowest BCUT2D eigenvalue weighted by Gasteiger charge is -2.31.